The molecule has 2 heterocycles. The largest absolute Gasteiger partial charge is 0.497 e. The molecule has 2 aromatic carbocycles. The van der Waals surface area contributed by atoms with Crippen molar-refractivity contribution in [1.82, 2.24) is 4.57 Å². The van der Waals surface area contributed by atoms with Crippen LogP contribution < -0.4 is 33.8 Å². The van der Waals surface area contributed by atoms with Gasteiger partial charge < -0.3 is 23.7 Å². The SMILES string of the molecule is CCCC1=C(C(=O)OCC)[C@@H](c2cc(OC)ccc2OC)n2c(s/c(=C\c3cc(Br)c(OC(C)=O)c(OC)c3)c2=O)=N1. The monoisotopic (exact) mass is 658 g/mol. The third kappa shape index (κ3) is 6.14. The maximum atomic E-state index is 14.1. The van der Waals surface area contributed by atoms with Crippen LogP contribution >= 0.6 is 27.3 Å². The average molecular weight is 660 g/mol. The molecule has 4 rings (SSSR count). The first-order valence-electron chi connectivity index (χ1n) is 13.2. The molecule has 0 radical (unpaired) electrons. The van der Waals surface area contributed by atoms with E-state index in [0.717, 1.165) is 6.42 Å². The lowest BCUT2D eigenvalue weighted by atomic mass is 9.93. The molecule has 0 saturated heterocycles. The first kappa shape index (κ1) is 31.0. The number of carbonyl (C=O) groups is 2. The van der Waals surface area contributed by atoms with E-state index in [1.54, 1.807) is 50.4 Å². The van der Waals surface area contributed by atoms with Gasteiger partial charge in [-0.25, -0.2) is 9.79 Å². The maximum Gasteiger partial charge on any atom is 0.338 e. The summed E-state index contributed by atoms with van der Waals surface area (Å²) < 4.78 is 29.7. The van der Waals surface area contributed by atoms with Gasteiger partial charge in [-0.3, -0.25) is 14.2 Å². The van der Waals surface area contributed by atoms with Crippen LogP contribution in [0.2, 0.25) is 0 Å². The Morgan fingerprint density at radius 3 is 2.43 bits per heavy atom. The Morgan fingerprint density at radius 1 is 1.07 bits per heavy atom. The molecule has 222 valence electrons. The van der Waals surface area contributed by atoms with Gasteiger partial charge >= 0.3 is 11.9 Å². The van der Waals surface area contributed by atoms with Gasteiger partial charge in [0.2, 0.25) is 0 Å². The van der Waals surface area contributed by atoms with E-state index in [9.17, 15) is 14.4 Å². The molecule has 0 spiro atoms. The fraction of sp³-hybridized carbons (Fsp3) is 0.333. The number of hydrogen-bond donors (Lipinski definition) is 0. The summed E-state index contributed by atoms with van der Waals surface area (Å²) >= 11 is 4.63. The highest BCUT2D eigenvalue weighted by molar-refractivity contribution is 9.10. The molecule has 10 nitrogen and oxygen atoms in total. The molecule has 0 fully saturated rings. The number of benzene rings is 2. The van der Waals surface area contributed by atoms with E-state index >= 15 is 0 Å². The van der Waals surface area contributed by atoms with Gasteiger partial charge in [-0.2, -0.15) is 0 Å². The fourth-order valence-electron chi connectivity index (χ4n) is 4.69. The molecule has 3 aromatic rings. The molecule has 0 bridgehead atoms. The molecule has 12 heteroatoms. The number of halogens is 1. The number of aromatic nitrogens is 1. The predicted molar refractivity (Wildman–Crippen MR) is 161 cm³/mol. The zero-order valence-electron chi connectivity index (χ0n) is 24.1. The molecule has 42 heavy (non-hydrogen) atoms. The standard InChI is InChI=1S/C30H31BrN2O8S/c1-7-9-21-25(29(36)40-8-2)26(19-15-18(37-4)10-11-22(19)38-5)33-28(35)24(42-30(33)32-21)14-17-12-20(31)27(41-16(3)34)23(13-17)39-6/h10-15,26H,7-9H2,1-6H3/b24-14-/t26-/m1/s1. The van der Waals surface area contributed by atoms with Gasteiger partial charge in [0.1, 0.15) is 17.5 Å². The van der Waals surface area contributed by atoms with E-state index in [0.29, 0.717) is 54.3 Å². The minimum Gasteiger partial charge on any atom is -0.497 e. The number of rotatable bonds is 10. The highest BCUT2D eigenvalue weighted by Crippen LogP contribution is 2.39. The first-order valence-corrected chi connectivity index (χ1v) is 14.8. The molecule has 1 aliphatic rings. The lowest BCUT2D eigenvalue weighted by molar-refractivity contribution is -0.139. The summed E-state index contributed by atoms with van der Waals surface area (Å²) in [5.41, 5.74) is 1.65. The lowest BCUT2D eigenvalue weighted by Crippen LogP contribution is -2.40. The summed E-state index contributed by atoms with van der Waals surface area (Å²) in [5.74, 6) is 0.510. The van der Waals surface area contributed by atoms with E-state index in [4.69, 9.17) is 28.7 Å². The fourth-order valence-corrected chi connectivity index (χ4v) is 6.25. The van der Waals surface area contributed by atoms with Crippen molar-refractivity contribution in [2.75, 3.05) is 27.9 Å². The molecule has 1 atom stereocenters. The second-order valence-corrected chi connectivity index (χ2v) is 11.0. The zero-order valence-corrected chi connectivity index (χ0v) is 26.5. The summed E-state index contributed by atoms with van der Waals surface area (Å²) in [6.45, 7) is 5.18. The van der Waals surface area contributed by atoms with Crippen molar-refractivity contribution in [2.45, 2.75) is 39.7 Å². The maximum absolute atomic E-state index is 14.1. The van der Waals surface area contributed by atoms with Gasteiger partial charge in [0, 0.05) is 12.5 Å². The Bertz CT molecular complexity index is 1740. The molecular weight excluding hydrogens is 628 g/mol. The van der Waals surface area contributed by atoms with Crippen LogP contribution in [-0.2, 0) is 14.3 Å². The number of allylic oxidation sites excluding steroid dienone is 1. The van der Waals surface area contributed by atoms with E-state index in [-0.39, 0.29) is 23.5 Å². The number of methoxy groups -OCH3 is 3. The van der Waals surface area contributed by atoms with Gasteiger partial charge in [-0.05, 0) is 71.2 Å². The summed E-state index contributed by atoms with van der Waals surface area (Å²) in [4.78, 5) is 44.4. The molecule has 0 unspecified atom stereocenters. The molecule has 1 aromatic heterocycles. The number of fused-ring (bicyclic) bond motifs is 1. The van der Waals surface area contributed by atoms with Gasteiger partial charge in [0.05, 0.1) is 48.2 Å². The van der Waals surface area contributed by atoms with E-state index < -0.39 is 18.0 Å². The van der Waals surface area contributed by atoms with E-state index in [1.165, 1.54) is 37.0 Å². The van der Waals surface area contributed by atoms with Crippen LogP contribution in [0, 0.1) is 0 Å². The highest BCUT2D eigenvalue weighted by atomic mass is 79.9. The molecule has 0 N–H and O–H groups in total. The smallest absolute Gasteiger partial charge is 0.338 e. The van der Waals surface area contributed by atoms with Gasteiger partial charge in [-0.1, -0.05) is 24.7 Å². The summed E-state index contributed by atoms with van der Waals surface area (Å²) in [5, 5.41) is 0. The average Bonchev–Trinajstić information content (AvgIpc) is 3.27. The number of carbonyl (C=O) groups excluding carboxylic acids is 2. The van der Waals surface area contributed by atoms with Crippen LogP contribution in [0.25, 0.3) is 6.08 Å². The summed E-state index contributed by atoms with van der Waals surface area (Å²) in [6, 6.07) is 7.74. The van der Waals surface area contributed by atoms with Crippen LogP contribution in [0.4, 0.5) is 0 Å². The Hall–Kier alpha value is -3.90. The zero-order chi connectivity index (χ0) is 30.6. The normalized spacial score (nSPS) is 14.6. The topological polar surface area (TPSA) is 115 Å². The minimum atomic E-state index is -0.873. The third-order valence-corrected chi connectivity index (χ3v) is 7.99. The Morgan fingerprint density at radius 2 is 1.81 bits per heavy atom. The van der Waals surface area contributed by atoms with Gasteiger partial charge in [0.15, 0.2) is 16.3 Å². The molecule has 0 saturated carbocycles. The first-order chi connectivity index (χ1) is 20.2. The van der Waals surface area contributed by atoms with Crippen molar-refractivity contribution >= 4 is 45.3 Å². The Labute approximate surface area is 255 Å². The second-order valence-electron chi connectivity index (χ2n) is 9.15. The number of ether oxygens (including phenoxy) is 5. The van der Waals surface area contributed by atoms with Crippen molar-refractivity contribution in [2.24, 2.45) is 4.99 Å². The quantitative estimate of drug-likeness (QED) is 0.234. The summed E-state index contributed by atoms with van der Waals surface area (Å²) in [6.07, 6.45) is 2.92. The molecule has 1 aliphatic heterocycles. The van der Waals surface area contributed by atoms with Crippen LogP contribution in [0.1, 0.15) is 50.8 Å². The van der Waals surface area contributed by atoms with Crippen LogP contribution in [0.5, 0.6) is 23.0 Å². The Kier molecular flexibility index (Phi) is 9.89. The molecule has 0 amide bonds. The number of esters is 2. The van der Waals surface area contributed by atoms with Crippen LogP contribution in [0.15, 0.2) is 55.9 Å². The van der Waals surface area contributed by atoms with Crippen molar-refractivity contribution in [3.63, 3.8) is 0 Å². The highest BCUT2D eigenvalue weighted by Gasteiger charge is 2.36. The van der Waals surface area contributed by atoms with Gasteiger partial charge in [-0.15, -0.1) is 0 Å². The number of hydrogen-bond acceptors (Lipinski definition) is 10. The molecular formula is C30H31BrN2O8S. The number of thiazole rings is 1. The van der Waals surface area contributed by atoms with Crippen LogP contribution in [-0.4, -0.2) is 44.4 Å². The van der Waals surface area contributed by atoms with Gasteiger partial charge in [0.25, 0.3) is 5.56 Å². The number of nitrogens with zero attached hydrogens (tertiary/aromatic N) is 2. The van der Waals surface area contributed by atoms with Crippen molar-refractivity contribution in [3.8, 4) is 23.0 Å². The predicted octanol–water partition coefficient (Wildman–Crippen LogP) is 4.29. The Balaban J connectivity index is 2.02. The van der Waals surface area contributed by atoms with Crippen LogP contribution in [0.3, 0.4) is 0 Å². The minimum absolute atomic E-state index is 0.161. The van der Waals surface area contributed by atoms with E-state index in [1.807, 2.05) is 6.92 Å². The lowest BCUT2D eigenvalue weighted by Gasteiger charge is -2.27. The summed E-state index contributed by atoms with van der Waals surface area (Å²) in [7, 11) is 4.53. The van der Waals surface area contributed by atoms with Crippen molar-refractivity contribution in [3.05, 3.63) is 76.9 Å². The van der Waals surface area contributed by atoms with Crippen molar-refractivity contribution in [1.29, 1.82) is 0 Å². The van der Waals surface area contributed by atoms with E-state index in [2.05, 4.69) is 15.9 Å². The van der Waals surface area contributed by atoms with Crippen molar-refractivity contribution < 1.29 is 33.3 Å². The molecule has 0 aliphatic carbocycles. The third-order valence-electron chi connectivity index (χ3n) is 6.42. The second kappa shape index (κ2) is 13.4.